The van der Waals surface area contributed by atoms with Crippen molar-refractivity contribution in [3.05, 3.63) is 71.8 Å². The van der Waals surface area contributed by atoms with Gasteiger partial charge in [-0.15, -0.1) is 0 Å². The van der Waals surface area contributed by atoms with Crippen LogP contribution < -0.4 is 15.4 Å². The average molecular weight is 510 g/mol. The highest BCUT2D eigenvalue weighted by molar-refractivity contribution is 7.80. The number of benzene rings is 2. The first-order valence-electron chi connectivity index (χ1n) is 12.0. The lowest BCUT2D eigenvalue weighted by Crippen LogP contribution is -2.60. The summed E-state index contributed by atoms with van der Waals surface area (Å²) in [6.45, 7) is 3.49. The number of aryl methyl sites for hydroxylation is 1. The zero-order valence-corrected chi connectivity index (χ0v) is 21.1. The minimum absolute atomic E-state index is 0.0908. The number of ether oxygens (including phenoxy) is 2. The molecule has 1 aliphatic rings. The molecule has 1 unspecified atom stereocenters. The third-order valence-electron chi connectivity index (χ3n) is 5.52. The fourth-order valence-corrected chi connectivity index (χ4v) is 4.04. The van der Waals surface area contributed by atoms with E-state index in [9.17, 15) is 14.4 Å². The molecule has 2 N–H and O–H groups in total. The average Bonchev–Trinajstić information content (AvgIpc) is 2.88. The molecule has 0 spiro atoms. The monoisotopic (exact) mass is 509 g/mol. The Morgan fingerprint density at radius 1 is 1.17 bits per heavy atom. The molecule has 0 radical (unpaired) electrons. The van der Waals surface area contributed by atoms with Gasteiger partial charge in [-0.05, 0) is 61.3 Å². The Labute approximate surface area is 216 Å². The first kappa shape index (κ1) is 26.9. The third kappa shape index (κ3) is 8.49. The molecule has 1 fully saturated rings. The number of esters is 1. The van der Waals surface area contributed by atoms with Gasteiger partial charge in [-0.25, -0.2) is 0 Å². The highest BCUT2D eigenvalue weighted by Crippen LogP contribution is 2.14. The molecule has 2 aromatic carbocycles. The molecule has 0 aliphatic carbocycles. The van der Waals surface area contributed by atoms with Crippen LogP contribution in [0.1, 0.15) is 30.9 Å². The summed E-state index contributed by atoms with van der Waals surface area (Å²) in [5, 5.41) is 5.45. The maximum absolute atomic E-state index is 12.5. The van der Waals surface area contributed by atoms with Gasteiger partial charge in [0.25, 0.3) is 0 Å². The smallest absolute Gasteiger partial charge is 0.308 e. The summed E-state index contributed by atoms with van der Waals surface area (Å²) in [5.74, 6) is -0.491. The van der Waals surface area contributed by atoms with Crippen LogP contribution in [0.2, 0.25) is 0 Å². The molecule has 2 amide bonds. The fourth-order valence-electron chi connectivity index (χ4n) is 3.72. The SMILES string of the molecule is CCOc1ccc(/C=C/C(=O)NC(=S)N2CCNC(=O)C2CC(=O)OCCCc2ccccc2)cc1. The van der Waals surface area contributed by atoms with Crippen molar-refractivity contribution in [2.45, 2.75) is 32.2 Å². The van der Waals surface area contributed by atoms with Crippen LogP contribution in [0.15, 0.2) is 60.7 Å². The second-order valence-corrected chi connectivity index (χ2v) is 8.53. The van der Waals surface area contributed by atoms with Gasteiger partial charge >= 0.3 is 5.97 Å². The van der Waals surface area contributed by atoms with Crippen LogP contribution in [0.25, 0.3) is 6.08 Å². The van der Waals surface area contributed by atoms with E-state index in [0.29, 0.717) is 26.1 Å². The summed E-state index contributed by atoms with van der Waals surface area (Å²) >= 11 is 5.38. The summed E-state index contributed by atoms with van der Waals surface area (Å²) < 4.78 is 10.7. The van der Waals surface area contributed by atoms with Crippen molar-refractivity contribution >= 4 is 41.2 Å². The molecule has 0 saturated carbocycles. The largest absolute Gasteiger partial charge is 0.494 e. The number of amides is 2. The van der Waals surface area contributed by atoms with E-state index < -0.39 is 17.9 Å². The van der Waals surface area contributed by atoms with E-state index >= 15 is 0 Å². The number of hydrogen-bond acceptors (Lipinski definition) is 6. The van der Waals surface area contributed by atoms with E-state index in [1.807, 2.05) is 61.5 Å². The van der Waals surface area contributed by atoms with E-state index in [1.54, 1.807) is 11.0 Å². The minimum atomic E-state index is -0.844. The van der Waals surface area contributed by atoms with Crippen molar-refractivity contribution < 1.29 is 23.9 Å². The number of hydrogen-bond donors (Lipinski definition) is 2. The number of carbonyl (C=O) groups excluding carboxylic acids is 3. The first-order chi connectivity index (χ1) is 17.5. The molecule has 36 heavy (non-hydrogen) atoms. The van der Waals surface area contributed by atoms with Crippen molar-refractivity contribution in [1.82, 2.24) is 15.5 Å². The molecular weight excluding hydrogens is 478 g/mol. The van der Waals surface area contributed by atoms with Gasteiger partial charge in [0.1, 0.15) is 11.8 Å². The predicted molar refractivity (Wildman–Crippen MR) is 141 cm³/mol. The normalized spacial score (nSPS) is 15.3. The molecule has 1 saturated heterocycles. The van der Waals surface area contributed by atoms with Gasteiger partial charge < -0.3 is 19.7 Å². The molecule has 2 aromatic rings. The van der Waals surface area contributed by atoms with Crippen molar-refractivity contribution in [2.75, 3.05) is 26.3 Å². The first-order valence-corrected chi connectivity index (χ1v) is 12.4. The van der Waals surface area contributed by atoms with Gasteiger partial charge in [0, 0.05) is 19.2 Å². The minimum Gasteiger partial charge on any atom is -0.494 e. The number of rotatable bonds is 10. The summed E-state index contributed by atoms with van der Waals surface area (Å²) in [7, 11) is 0. The van der Waals surface area contributed by atoms with Crippen molar-refractivity contribution in [3.8, 4) is 5.75 Å². The Morgan fingerprint density at radius 3 is 2.64 bits per heavy atom. The number of nitrogens with one attached hydrogen (secondary N) is 2. The van der Waals surface area contributed by atoms with Crippen molar-refractivity contribution in [1.29, 1.82) is 0 Å². The molecule has 1 heterocycles. The molecule has 190 valence electrons. The Hall–Kier alpha value is -3.72. The number of carbonyl (C=O) groups is 3. The Kier molecular flexibility index (Phi) is 10.4. The lowest BCUT2D eigenvalue weighted by Gasteiger charge is -2.36. The summed E-state index contributed by atoms with van der Waals surface area (Å²) in [4.78, 5) is 38.8. The molecule has 0 aromatic heterocycles. The van der Waals surface area contributed by atoms with Crippen LogP contribution >= 0.6 is 12.2 Å². The second-order valence-electron chi connectivity index (χ2n) is 8.14. The van der Waals surface area contributed by atoms with Gasteiger partial charge in [-0.2, -0.15) is 0 Å². The van der Waals surface area contributed by atoms with Gasteiger partial charge in [0.15, 0.2) is 5.11 Å². The maximum atomic E-state index is 12.5. The van der Waals surface area contributed by atoms with Crippen LogP contribution in [0.4, 0.5) is 0 Å². The Balaban J connectivity index is 1.48. The van der Waals surface area contributed by atoms with Gasteiger partial charge in [-0.3, -0.25) is 19.7 Å². The van der Waals surface area contributed by atoms with E-state index in [-0.39, 0.29) is 24.0 Å². The predicted octanol–water partition coefficient (Wildman–Crippen LogP) is 2.87. The molecule has 0 bridgehead atoms. The highest BCUT2D eigenvalue weighted by Gasteiger charge is 2.34. The van der Waals surface area contributed by atoms with Gasteiger partial charge in [-0.1, -0.05) is 42.5 Å². The van der Waals surface area contributed by atoms with Crippen LogP contribution in [-0.4, -0.2) is 60.1 Å². The van der Waals surface area contributed by atoms with E-state index in [1.165, 1.54) is 11.6 Å². The van der Waals surface area contributed by atoms with Crippen molar-refractivity contribution in [3.63, 3.8) is 0 Å². The Morgan fingerprint density at radius 2 is 1.92 bits per heavy atom. The molecule has 8 nitrogen and oxygen atoms in total. The van der Waals surface area contributed by atoms with Gasteiger partial charge in [0.2, 0.25) is 11.8 Å². The zero-order valence-electron chi connectivity index (χ0n) is 20.3. The standard InChI is InChI=1S/C27H31N3O5S/c1-2-34-22-13-10-21(11-14-22)12-15-24(31)29-27(36)30-17-16-28-26(33)23(30)19-25(32)35-18-6-9-20-7-4-3-5-8-20/h3-5,7-8,10-15,23H,2,6,9,16-19H2,1H3,(H,28,33)(H,29,31,36)/b15-12+. The molecule has 1 atom stereocenters. The summed E-state index contributed by atoms with van der Waals surface area (Å²) in [5.41, 5.74) is 1.99. The maximum Gasteiger partial charge on any atom is 0.308 e. The number of piperazine rings is 1. The molecule has 1 aliphatic heterocycles. The topological polar surface area (TPSA) is 97.0 Å². The van der Waals surface area contributed by atoms with Crippen LogP contribution in [0.5, 0.6) is 5.75 Å². The Bertz CT molecular complexity index is 1070. The zero-order chi connectivity index (χ0) is 25.8. The summed E-state index contributed by atoms with van der Waals surface area (Å²) in [6.07, 6.45) is 4.34. The van der Waals surface area contributed by atoms with E-state index in [2.05, 4.69) is 10.6 Å². The fraction of sp³-hybridized carbons (Fsp3) is 0.333. The van der Waals surface area contributed by atoms with E-state index in [4.69, 9.17) is 21.7 Å². The molecule has 9 heteroatoms. The number of thiocarbonyl (C=S) groups is 1. The van der Waals surface area contributed by atoms with Crippen LogP contribution in [-0.2, 0) is 25.5 Å². The lowest BCUT2D eigenvalue weighted by molar-refractivity contribution is -0.147. The van der Waals surface area contributed by atoms with Crippen LogP contribution in [0, 0.1) is 0 Å². The highest BCUT2D eigenvalue weighted by atomic mass is 32.1. The lowest BCUT2D eigenvalue weighted by atomic mass is 10.1. The third-order valence-corrected chi connectivity index (χ3v) is 5.85. The molecular formula is C27H31N3O5S. The van der Waals surface area contributed by atoms with Crippen LogP contribution in [0.3, 0.4) is 0 Å². The van der Waals surface area contributed by atoms with E-state index in [0.717, 1.165) is 17.7 Å². The van der Waals surface area contributed by atoms with Crippen molar-refractivity contribution in [2.24, 2.45) is 0 Å². The quantitative estimate of drug-likeness (QED) is 0.220. The molecule has 3 rings (SSSR count). The second kappa shape index (κ2) is 14.0. The number of nitrogens with zero attached hydrogens (tertiary/aromatic N) is 1. The van der Waals surface area contributed by atoms with Gasteiger partial charge in [0.05, 0.1) is 19.6 Å². The summed E-state index contributed by atoms with van der Waals surface area (Å²) in [6, 6.07) is 16.4.